The summed E-state index contributed by atoms with van der Waals surface area (Å²) in [6.45, 7) is 4.75. The molecular weight excluding hydrogens is 178 g/mol. The molecular formula is C11H17NO2. The topological polar surface area (TPSA) is 40.5 Å². The van der Waals surface area contributed by atoms with Gasteiger partial charge in [-0.25, -0.2) is 0 Å². The standard InChI is InChI=1S/C11H17NO2/c1-3-5-6-7-10(13)12-8-11(14,4-2)9-12/h3,5-7,14H,4,8-9H2,1-2H3. The number of allylic oxidation sites excluding steroid dienone is 3. The highest BCUT2D eigenvalue weighted by Crippen LogP contribution is 2.23. The van der Waals surface area contributed by atoms with Crippen molar-refractivity contribution in [2.45, 2.75) is 25.9 Å². The summed E-state index contributed by atoms with van der Waals surface area (Å²) in [5.74, 6) is -0.0266. The molecule has 3 heteroatoms. The van der Waals surface area contributed by atoms with E-state index in [0.29, 0.717) is 19.5 Å². The lowest BCUT2D eigenvalue weighted by Gasteiger charge is -2.45. The van der Waals surface area contributed by atoms with Gasteiger partial charge in [-0.15, -0.1) is 0 Å². The fourth-order valence-corrected chi connectivity index (χ4v) is 1.40. The van der Waals surface area contributed by atoms with Crippen molar-refractivity contribution in [1.82, 2.24) is 4.90 Å². The van der Waals surface area contributed by atoms with Gasteiger partial charge in [0.15, 0.2) is 0 Å². The summed E-state index contributed by atoms with van der Waals surface area (Å²) >= 11 is 0. The first-order valence-corrected chi connectivity index (χ1v) is 4.92. The molecule has 3 nitrogen and oxygen atoms in total. The van der Waals surface area contributed by atoms with Gasteiger partial charge in [0.1, 0.15) is 0 Å². The normalized spacial score (nSPS) is 20.4. The highest BCUT2D eigenvalue weighted by atomic mass is 16.3. The number of rotatable bonds is 3. The van der Waals surface area contributed by atoms with E-state index in [2.05, 4.69) is 0 Å². The van der Waals surface area contributed by atoms with Gasteiger partial charge in [0.05, 0.1) is 18.7 Å². The lowest BCUT2D eigenvalue weighted by Crippen LogP contribution is -2.62. The average molecular weight is 195 g/mol. The second-order valence-electron chi connectivity index (χ2n) is 3.66. The Morgan fingerprint density at radius 3 is 2.64 bits per heavy atom. The fraction of sp³-hybridized carbons (Fsp3) is 0.545. The number of hydrogen-bond donors (Lipinski definition) is 1. The van der Waals surface area contributed by atoms with Crippen molar-refractivity contribution in [1.29, 1.82) is 0 Å². The monoisotopic (exact) mass is 195 g/mol. The summed E-state index contributed by atoms with van der Waals surface area (Å²) in [5, 5.41) is 9.68. The van der Waals surface area contributed by atoms with Crippen LogP contribution in [0.2, 0.25) is 0 Å². The Balaban J connectivity index is 2.36. The van der Waals surface area contributed by atoms with Crippen LogP contribution in [0.1, 0.15) is 20.3 Å². The SMILES string of the molecule is CC=CC=CC(=O)N1CC(O)(CC)C1. The molecule has 1 saturated heterocycles. The zero-order valence-electron chi connectivity index (χ0n) is 8.73. The largest absolute Gasteiger partial charge is 0.386 e. The van der Waals surface area contributed by atoms with E-state index >= 15 is 0 Å². The summed E-state index contributed by atoms with van der Waals surface area (Å²) in [6.07, 6.45) is 7.61. The Morgan fingerprint density at radius 2 is 2.14 bits per heavy atom. The minimum atomic E-state index is -0.635. The van der Waals surface area contributed by atoms with Crippen LogP contribution in [0, 0.1) is 0 Å². The zero-order valence-corrected chi connectivity index (χ0v) is 8.73. The van der Waals surface area contributed by atoms with Gasteiger partial charge in [0, 0.05) is 6.08 Å². The van der Waals surface area contributed by atoms with Gasteiger partial charge in [-0.1, -0.05) is 25.2 Å². The number of aliphatic hydroxyl groups is 1. The van der Waals surface area contributed by atoms with Crippen LogP contribution in [0.4, 0.5) is 0 Å². The lowest BCUT2D eigenvalue weighted by molar-refractivity contribution is -0.150. The molecule has 0 aromatic heterocycles. The second kappa shape index (κ2) is 4.42. The maximum atomic E-state index is 11.4. The second-order valence-corrected chi connectivity index (χ2v) is 3.66. The van der Waals surface area contributed by atoms with Crippen LogP contribution >= 0.6 is 0 Å². The summed E-state index contributed by atoms with van der Waals surface area (Å²) < 4.78 is 0. The van der Waals surface area contributed by atoms with Crippen molar-refractivity contribution in [3.8, 4) is 0 Å². The minimum absolute atomic E-state index is 0.0266. The molecule has 1 rings (SSSR count). The average Bonchev–Trinajstić information content (AvgIpc) is 2.13. The molecule has 0 aromatic carbocycles. The third-order valence-corrected chi connectivity index (χ3v) is 2.48. The first-order valence-electron chi connectivity index (χ1n) is 4.92. The molecule has 1 N–H and O–H groups in total. The van der Waals surface area contributed by atoms with Gasteiger partial charge < -0.3 is 10.0 Å². The zero-order chi connectivity index (χ0) is 10.6. The maximum absolute atomic E-state index is 11.4. The van der Waals surface area contributed by atoms with E-state index in [1.54, 1.807) is 11.0 Å². The molecule has 0 saturated carbocycles. The van der Waals surface area contributed by atoms with Crippen LogP contribution in [-0.2, 0) is 4.79 Å². The molecule has 1 amide bonds. The van der Waals surface area contributed by atoms with E-state index in [9.17, 15) is 9.90 Å². The quantitative estimate of drug-likeness (QED) is 0.541. The summed E-state index contributed by atoms with van der Waals surface area (Å²) in [6, 6.07) is 0. The highest BCUT2D eigenvalue weighted by Gasteiger charge is 2.41. The van der Waals surface area contributed by atoms with E-state index in [1.807, 2.05) is 26.0 Å². The summed E-state index contributed by atoms with van der Waals surface area (Å²) in [7, 11) is 0. The van der Waals surface area contributed by atoms with Crippen LogP contribution in [-0.4, -0.2) is 34.6 Å². The predicted octanol–water partition coefficient (Wildman–Crippen LogP) is 1.10. The Morgan fingerprint density at radius 1 is 1.50 bits per heavy atom. The van der Waals surface area contributed by atoms with E-state index in [-0.39, 0.29) is 5.91 Å². The number of carbonyl (C=O) groups is 1. The number of β-amino-alcohol motifs (C(OH)–C–C–N with tert-alkyl or cyclic N) is 1. The molecule has 78 valence electrons. The van der Waals surface area contributed by atoms with E-state index in [4.69, 9.17) is 0 Å². The first-order chi connectivity index (χ1) is 6.61. The third-order valence-electron chi connectivity index (χ3n) is 2.48. The Labute approximate surface area is 84.7 Å². The molecule has 0 bridgehead atoms. The minimum Gasteiger partial charge on any atom is -0.386 e. The van der Waals surface area contributed by atoms with Gasteiger partial charge in [0.2, 0.25) is 5.91 Å². The summed E-state index contributed by atoms with van der Waals surface area (Å²) in [5.41, 5.74) is -0.635. The van der Waals surface area contributed by atoms with E-state index < -0.39 is 5.60 Å². The van der Waals surface area contributed by atoms with Crippen LogP contribution in [0.25, 0.3) is 0 Å². The molecule has 1 aliphatic heterocycles. The van der Waals surface area contributed by atoms with Gasteiger partial charge in [0.25, 0.3) is 0 Å². The van der Waals surface area contributed by atoms with Crippen molar-refractivity contribution in [2.24, 2.45) is 0 Å². The summed E-state index contributed by atoms with van der Waals surface area (Å²) in [4.78, 5) is 13.0. The third kappa shape index (κ3) is 2.45. The van der Waals surface area contributed by atoms with Gasteiger partial charge in [-0.2, -0.15) is 0 Å². The van der Waals surface area contributed by atoms with Crippen molar-refractivity contribution in [2.75, 3.05) is 13.1 Å². The highest BCUT2D eigenvalue weighted by molar-refractivity contribution is 5.88. The molecule has 0 aromatic rings. The molecule has 1 fully saturated rings. The molecule has 0 atom stereocenters. The molecule has 1 heterocycles. The number of carbonyl (C=O) groups excluding carboxylic acids is 1. The Bertz CT molecular complexity index is 262. The lowest BCUT2D eigenvalue weighted by atomic mass is 9.91. The predicted molar refractivity (Wildman–Crippen MR) is 55.8 cm³/mol. The first kappa shape index (κ1) is 11.0. The molecule has 14 heavy (non-hydrogen) atoms. The van der Waals surface area contributed by atoms with E-state index in [0.717, 1.165) is 0 Å². The number of hydrogen-bond acceptors (Lipinski definition) is 2. The maximum Gasteiger partial charge on any atom is 0.246 e. The van der Waals surface area contributed by atoms with Crippen LogP contribution in [0.5, 0.6) is 0 Å². The van der Waals surface area contributed by atoms with Crippen molar-refractivity contribution < 1.29 is 9.90 Å². The Kier molecular flexibility index (Phi) is 3.47. The van der Waals surface area contributed by atoms with Crippen molar-refractivity contribution in [3.63, 3.8) is 0 Å². The number of nitrogens with zero attached hydrogens (tertiary/aromatic N) is 1. The number of likely N-dealkylation sites (tertiary alicyclic amines) is 1. The molecule has 0 unspecified atom stereocenters. The smallest absolute Gasteiger partial charge is 0.246 e. The van der Waals surface area contributed by atoms with Gasteiger partial charge in [-0.05, 0) is 13.3 Å². The fourth-order valence-electron chi connectivity index (χ4n) is 1.40. The van der Waals surface area contributed by atoms with Crippen LogP contribution in [0.15, 0.2) is 24.3 Å². The Hall–Kier alpha value is -1.09. The van der Waals surface area contributed by atoms with Gasteiger partial charge in [-0.3, -0.25) is 4.79 Å². The molecule has 1 aliphatic rings. The van der Waals surface area contributed by atoms with Gasteiger partial charge >= 0.3 is 0 Å². The molecule has 0 spiro atoms. The van der Waals surface area contributed by atoms with Crippen molar-refractivity contribution >= 4 is 5.91 Å². The van der Waals surface area contributed by atoms with Crippen LogP contribution < -0.4 is 0 Å². The van der Waals surface area contributed by atoms with E-state index in [1.165, 1.54) is 6.08 Å². The molecule has 0 aliphatic carbocycles. The van der Waals surface area contributed by atoms with Crippen LogP contribution in [0.3, 0.4) is 0 Å². The number of amides is 1. The van der Waals surface area contributed by atoms with Crippen molar-refractivity contribution in [3.05, 3.63) is 24.3 Å². The molecule has 0 radical (unpaired) electrons.